The van der Waals surface area contributed by atoms with E-state index in [2.05, 4.69) is 15.5 Å². The number of nitrogens with two attached hydrogens (primary N) is 1. The monoisotopic (exact) mass is 679 g/mol. The third-order valence-corrected chi connectivity index (χ3v) is 8.79. The smallest absolute Gasteiger partial charge is 0.355 e. The second kappa shape index (κ2) is 13.7. The molecule has 45 heavy (non-hydrogen) atoms. The quantitative estimate of drug-likeness (QED) is 0.117. The summed E-state index contributed by atoms with van der Waals surface area (Å²) < 4.78 is 16.1. The lowest BCUT2D eigenvalue weighted by Crippen LogP contribution is -2.71. The minimum absolute atomic E-state index is 0.0142. The number of halogens is 1. The number of alkyl halides is 1. The van der Waals surface area contributed by atoms with Gasteiger partial charge in [0.25, 0.3) is 11.8 Å². The molecule has 2 aliphatic rings. The van der Waals surface area contributed by atoms with Crippen molar-refractivity contribution in [1.29, 1.82) is 0 Å². The van der Waals surface area contributed by atoms with Crippen LogP contribution in [0.2, 0.25) is 0 Å². The van der Waals surface area contributed by atoms with E-state index in [1.54, 1.807) is 52.1 Å². The molecule has 1 fully saturated rings. The van der Waals surface area contributed by atoms with E-state index < -0.39 is 46.4 Å². The fourth-order valence-electron chi connectivity index (χ4n) is 4.12. The molecule has 2 aliphatic heterocycles. The van der Waals surface area contributed by atoms with Gasteiger partial charge in [-0.1, -0.05) is 17.3 Å². The molecule has 13 nitrogen and oxygen atoms in total. The second-order valence-electron chi connectivity index (χ2n) is 11.5. The van der Waals surface area contributed by atoms with Crippen molar-refractivity contribution < 1.29 is 38.2 Å². The highest BCUT2D eigenvalue weighted by atomic mass is 35.5. The van der Waals surface area contributed by atoms with Gasteiger partial charge in [0.05, 0.1) is 7.11 Å². The van der Waals surface area contributed by atoms with E-state index in [4.69, 9.17) is 36.4 Å². The Morgan fingerprint density at radius 3 is 2.44 bits per heavy atom. The summed E-state index contributed by atoms with van der Waals surface area (Å²) in [7, 11) is 1.55. The largest absolute Gasteiger partial charge is 0.497 e. The minimum atomic E-state index is -1.56. The second-order valence-corrected chi connectivity index (χ2v) is 13.7. The number of nitrogens with one attached hydrogen (secondary N) is 1. The van der Waals surface area contributed by atoms with Gasteiger partial charge in [-0.2, -0.15) is 0 Å². The van der Waals surface area contributed by atoms with Crippen LogP contribution in [0.25, 0.3) is 0 Å². The van der Waals surface area contributed by atoms with Gasteiger partial charge in [-0.15, -0.1) is 34.7 Å². The van der Waals surface area contributed by atoms with Crippen molar-refractivity contribution in [2.45, 2.75) is 63.8 Å². The Bertz CT molecular complexity index is 1530. The summed E-state index contributed by atoms with van der Waals surface area (Å²) in [5, 5.41) is 7.67. The molecule has 2 aromatic rings. The van der Waals surface area contributed by atoms with Crippen LogP contribution in [-0.4, -0.2) is 80.7 Å². The van der Waals surface area contributed by atoms with Crippen molar-refractivity contribution in [2.24, 2.45) is 5.16 Å². The van der Waals surface area contributed by atoms with Crippen LogP contribution in [0.4, 0.5) is 5.13 Å². The van der Waals surface area contributed by atoms with Crippen LogP contribution in [-0.2, 0) is 40.1 Å². The number of esters is 2. The first-order valence-electron chi connectivity index (χ1n) is 13.7. The van der Waals surface area contributed by atoms with Crippen LogP contribution >= 0.6 is 34.7 Å². The molecular weight excluding hydrogens is 646 g/mol. The number of benzene rings is 1. The molecule has 0 unspecified atom stereocenters. The number of thiazole rings is 1. The first kappa shape index (κ1) is 34.1. The van der Waals surface area contributed by atoms with Crippen LogP contribution < -0.4 is 15.8 Å². The molecule has 0 spiro atoms. The zero-order valence-corrected chi connectivity index (χ0v) is 27.9. The number of oxime groups is 1. The zero-order valence-electron chi connectivity index (χ0n) is 25.5. The van der Waals surface area contributed by atoms with Crippen LogP contribution in [0.5, 0.6) is 5.75 Å². The molecule has 0 saturated carbocycles. The molecule has 242 valence electrons. The Labute approximate surface area is 273 Å². The molecule has 0 radical (unpaired) electrons. The Morgan fingerprint density at radius 2 is 1.87 bits per heavy atom. The number of nitrogens with zero attached hydrogens (tertiary/aromatic N) is 3. The van der Waals surface area contributed by atoms with Crippen molar-refractivity contribution >= 4 is 69.3 Å². The summed E-state index contributed by atoms with van der Waals surface area (Å²) >= 11 is 8.54. The highest BCUT2D eigenvalue weighted by molar-refractivity contribution is 8.00. The van der Waals surface area contributed by atoms with Gasteiger partial charge >= 0.3 is 11.9 Å². The van der Waals surface area contributed by atoms with Crippen LogP contribution in [0.1, 0.15) is 45.9 Å². The molecule has 16 heteroatoms. The number of carbonyl (C=O) groups excluding carboxylic acids is 4. The molecule has 1 aromatic carbocycles. The molecule has 1 saturated heterocycles. The van der Waals surface area contributed by atoms with Gasteiger partial charge in [0, 0.05) is 17.0 Å². The minimum Gasteiger partial charge on any atom is -0.497 e. The molecule has 0 bridgehead atoms. The Kier molecular flexibility index (Phi) is 10.3. The molecule has 1 aromatic heterocycles. The lowest BCUT2D eigenvalue weighted by molar-refractivity contribution is -0.179. The summed E-state index contributed by atoms with van der Waals surface area (Å²) in [4.78, 5) is 63.7. The third kappa shape index (κ3) is 7.89. The predicted molar refractivity (Wildman–Crippen MR) is 170 cm³/mol. The number of hydrogen-bond acceptors (Lipinski definition) is 13. The summed E-state index contributed by atoms with van der Waals surface area (Å²) in [6.07, 6.45) is 0. The number of rotatable bonds is 11. The first-order chi connectivity index (χ1) is 21.1. The van der Waals surface area contributed by atoms with Gasteiger partial charge in [-0.25, -0.2) is 14.6 Å². The topological polar surface area (TPSA) is 172 Å². The lowest BCUT2D eigenvalue weighted by Gasteiger charge is -2.49. The normalized spacial score (nSPS) is 18.5. The van der Waals surface area contributed by atoms with E-state index in [1.165, 1.54) is 35.9 Å². The predicted octanol–water partition coefficient (Wildman–Crippen LogP) is 3.21. The van der Waals surface area contributed by atoms with Gasteiger partial charge < -0.3 is 30.1 Å². The van der Waals surface area contributed by atoms with Crippen molar-refractivity contribution in [1.82, 2.24) is 15.2 Å². The van der Waals surface area contributed by atoms with Gasteiger partial charge in [0.1, 0.15) is 40.8 Å². The van der Waals surface area contributed by atoms with Crippen molar-refractivity contribution in [3.8, 4) is 5.75 Å². The number of thioether (sulfide) groups is 1. The summed E-state index contributed by atoms with van der Waals surface area (Å²) in [6.45, 7) is 7.98. The van der Waals surface area contributed by atoms with E-state index >= 15 is 0 Å². The van der Waals surface area contributed by atoms with E-state index in [0.29, 0.717) is 17.1 Å². The summed E-state index contributed by atoms with van der Waals surface area (Å²) in [5.41, 5.74) is 4.54. The lowest BCUT2D eigenvalue weighted by atomic mass is 10.0. The number of anilines is 1. The van der Waals surface area contributed by atoms with Crippen LogP contribution in [0.15, 0.2) is 46.1 Å². The molecule has 4 rings (SSSR count). The van der Waals surface area contributed by atoms with Crippen LogP contribution in [0, 0.1) is 0 Å². The average molecular weight is 680 g/mol. The fourth-order valence-corrected chi connectivity index (χ4v) is 6.35. The number of methoxy groups -OCH3 is 1. The SMILES string of the molecule is COc1ccc(COC(=O)C2=C(CCl)CS[C@@H]3[C@H](NC(=O)/C(=N\OC(C)(C)C(=O)OC(C)(C)C)c4csc(N)n4)C(=O)N23)cc1. The van der Waals surface area contributed by atoms with Gasteiger partial charge in [0.2, 0.25) is 5.60 Å². The highest BCUT2D eigenvalue weighted by Crippen LogP contribution is 2.41. The number of nitrogen functional groups attached to an aromatic ring is 1. The maximum absolute atomic E-state index is 13.5. The fraction of sp³-hybridized carbons (Fsp3) is 0.448. The number of hydrogen-bond donors (Lipinski definition) is 2. The first-order valence-corrected chi connectivity index (χ1v) is 16.2. The Morgan fingerprint density at radius 1 is 1.18 bits per heavy atom. The third-order valence-electron chi connectivity index (χ3n) is 6.45. The van der Waals surface area contributed by atoms with E-state index in [0.717, 1.165) is 16.9 Å². The van der Waals surface area contributed by atoms with Crippen molar-refractivity contribution in [2.75, 3.05) is 24.5 Å². The van der Waals surface area contributed by atoms with Crippen molar-refractivity contribution in [3.05, 3.63) is 52.2 Å². The number of carbonyl (C=O) groups is 4. The standard InChI is InChI=1S/C29H34ClN5O8S2/c1-28(2,3)42-26(39)29(4,5)43-34-19(18-14-45-27(31)32-18)22(36)33-20-23(37)35-21(16(11-30)13-44-24(20)35)25(38)41-12-15-7-9-17(40-6)10-8-15/h7-10,14,20,24H,11-13H2,1-6H3,(H2,31,32)(H,33,36)/b34-19-/t20-,24-/m1/s1. The van der Waals surface area contributed by atoms with Crippen LogP contribution in [0.3, 0.4) is 0 Å². The van der Waals surface area contributed by atoms with E-state index in [-0.39, 0.29) is 34.7 Å². The van der Waals surface area contributed by atoms with E-state index in [9.17, 15) is 19.2 Å². The Hall–Kier alpha value is -3.82. The maximum Gasteiger partial charge on any atom is 0.355 e. The average Bonchev–Trinajstić information content (AvgIpc) is 3.42. The summed E-state index contributed by atoms with van der Waals surface area (Å²) in [5.74, 6) is -1.72. The molecule has 2 amide bonds. The summed E-state index contributed by atoms with van der Waals surface area (Å²) in [6, 6.07) is 6.00. The number of ether oxygens (including phenoxy) is 3. The zero-order chi connectivity index (χ0) is 33.1. The molecule has 2 atom stereocenters. The molecule has 3 N–H and O–H groups in total. The van der Waals surface area contributed by atoms with Gasteiger partial charge in [0.15, 0.2) is 10.8 Å². The molecular formula is C29H34ClN5O8S2. The number of β-lactam (4-membered cyclic amide) rings is 1. The van der Waals surface area contributed by atoms with E-state index in [1.807, 2.05) is 0 Å². The number of amides is 2. The maximum atomic E-state index is 13.5. The molecule has 3 heterocycles. The Balaban J connectivity index is 1.49. The van der Waals surface area contributed by atoms with Gasteiger partial charge in [-0.05, 0) is 57.9 Å². The highest BCUT2D eigenvalue weighted by Gasteiger charge is 2.54. The van der Waals surface area contributed by atoms with Crippen molar-refractivity contribution in [3.63, 3.8) is 0 Å². The molecule has 0 aliphatic carbocycles. The number of fused-ring (bicyclic) bond motifs is 1. The van der Waals surface area contributed by atoms with Gasteiger partial charge in [-0.3, -0.25) is 14.5 Å². The number of aromatic nitrogens is 1.